The van der Waals surface area contributed by atoms with E-state index >= 15 is 0 Å². The molecule has 0 atom stereocenters. The van der Waals surface area contributed by atoms with Crippen LogP contribution in [0.15, 0.2) is 28.8 Å². The molecule has 2 aromatic rings. The average Bonchev–Trinajstić information content (AvgIpc) is 2.90. The highest BCUT2D eigenvalue weighted by Gasteiger charge is 2.29. The first kappa shape index (κ1) is 15.1. The fourth-order valence-electron chi connectivity index (χ4n) is 2.73. The van der Waals surface area contributed by atoms with Crippen LogP contribution >= 0.6 is 0 Å². The molecule has 0 saturated carbocycles. The van der Waals surface area contributed by atoms with Crippen molar-refractivity contribution in [2.45, 2.75) is 25.6 Å². The van der Waals surface area contributed by atoms with Gasteiger partial charge in [0.2, 0.25) is 10.0 Å². The molecule has 7 heteroatoms. The molecule has 0 aliphatic carbocycles. The fraction of sp³-hybridized carbons (Fsp3) is 0.400. The first-order valence-corrected chi connectivity index (χ1v) is 8.65. The van der Waals surface area contributed by atoms with Gasteiger partial charge in [-0.2, -0.15) is 4.31 Å². The molecule has 3 rings (SSSR count). The second kappa shape index (κ2) is 5.73. The van der Waals surface area contributed by atoms with E-state index in [1.165, 1.54) is 4.31 Å². The van der Waals surface area contributed by atoms with Crippen molar-refractivity contribution in [3.05, 3.63) is 46.8 Å². The number of hydrogen-bond donors (Lipinski definition) is 0. The number of aromatic nitrogens is 1. The van der Waals surface area contributed by atoms with E-state index in [0.29, 0.717) is 31.0 Å². The zero-order valence-electron chi connectivity index (χ0n) is 12.6. The second-order valence-corrected chi connectivity index (χ2v) is 7.34. The number of methoxy groups -OCH3 is 1. The summed E-state index contributed by atoms with van der Waals surface area (Å²) >= 11 is 0. The Morgan fingerprint density at radius 3 is 2.91 bits per heavy atom. The van der Waals surface area contributed by atoms with Gasteiger partial charge < -0.3 is 9.26 Å². The lowest BCUT2D eigenvalue weighted by molar-refractivity contribution is 0.361. The van der Waals surface area contributed by atoms with Gasteiger partial charge in [-0.1, -0.05) is 17.3 Å². The summed E-state index contributed by atoms with van der Waals surface area (Å²) < 4.78 is 36.9. The van der Waals surface area contributed by atoms with Crippen LogP contribution in [0.5, 0.6) is 5.75 Å². The quantitative estimate of drug-likeness (QED) is 0.859. The van der Waals surface area contributed by atoms with E-state index < -0.39 is 10.0 Å². The van der Waals surface area contributed by atoms with Crippen LogP contribution in [0.2, 0.25) is 0 Å². The maximum atomic E-state index is 12.5. The van der Waals surface area contributed by atoms with Crippen molar-refractivity contribution >= 4 is 10.0 Å². The second-order valence-electron chi connectivity index (χ2n) is 5.37. The molecule has 0 saturated heterocycles. The number of aryl methyl sites for hydroxylation is 1. The summed E-state index contributed by atoms with van der Waals surface area (Å²) in [5, 5.41) is 3.73. The van der Waals surface area contributed by atoms with Crippen LogP contribution in [-0.2, 0) is 28.7 Å². The molecule has 1 aliphatic rings. The van der Waals surface area contributed by atoms with E-state index in [1.54, 1.807) is 20.1 Å². The Morgan fingerprint density at radius 2 is 2.23 bits per heavy atom. The van der Waals surface area contributed by atoms with Crippen molar-refractivity contribution in [1.82, 2.24) is 9.46 Å². The predicted octanol–water partition coefficient (Wildman–Crippen LogP) is 1.88. The van der Waals surface area contributed by atoms with Gasteiger partial charge in [-0.25, -0.2) is 8.42 Å². The maximum Gasteiger partial charge on any atom is 0.221 e. The smallest absolute Gasteiger partial charge is 0.221 e. The lowest BCUT2D eigenvalue weighted by Crippen LogP contribution is -2.36. The van der Waals surface area contributed by atoms with E-state index in [1.807, 2.05) is 18.2 Å². The summed E-state index contributed by atoms with van der Waals surface area (Å²) in [5.41, 5.74) is 2.76. The number of nitrogens with zero attached hydrogens (tertiary/aromatic N) is 2. The van der Waals surface area contributed by atoms with Crippen molar-refractivity contribution < 1.29 is 17.7 Å². The Morgan fingerprint density at radius 1 is 1.41 bits per heavy atom. The molecule has 1 aliphatic heterocycles. The topological polar surface area (TPSA) is 72.6 Å². The van der Waals surface area contributed by atoms with Gasteiger partial charge in [0.25, 0.3) is 0 Å². The normalized spacial score (nSPS) is 15.5. The lowest BCUT2D eigenvalue weighted by atomic mass is 10.0. The first-order chi connectivity index (χ1) is 10.5. The zero-order chi connectivity index (χ0) is 15.7. The molecule has 0 spiro atoms. The Balaban J connectivity index is 1.81. The number of ether oxygens (including phenoxy) is 1. The number of sulfonamides is 1. The van der Waals surface area contributed by atoms with E-state index in [9.17, 15) is 8.42 Å². The van der Waals surface area contributed by atoms with Crippen LogP contribution in [0.3, 0.4) is 0 Å². The van der Waals surface area contributed by atoms with E-state index in [0.717, 1.165) is 16.9 Å². The Kier molecular flexibility index (Phi) is 3.92. The van der Waals surface area contributed by atoms with E-state index in [2.05, 4.69) is 5.16 Å². The standard InChI is InChI=1S/C15H18N2O4S/c1-11-8-13(21-16-11)10-22(18,19)17-7-6-14-12(9-17)4-3-5-15(14)20-2/h3-5,8H,6-7,9-10H2,1-2H3. The third-order valence-corrected chi connectivity index (χ3v) is 5.55. The van der Waals surface area contributed by atoms with Crippen LogP contribution in [0.4, 0.5) is 0 Å². The molecule has 22 heavy (non-hydrogen) atoms. The van der Waals surface area contributed by atoms with Crippen molar-refractivity contribution in [3.63, 3.8) is 0 Å². The van der Waals surface area contributed by atoms with Gasteiger partial charge in [-0.05, 0) is 30.5 Å². The third-order valence-electron chi connectivity index (χ3n) is 3.80. The number of hydrogen-bond acceptors (Lipinski definition) is 5. The molecule has 0 radical (unpaired) electrons. The van der Waals surface area contributed by atoms with Gasteiger partial charge in [0.05, 0.1) is 12.8 Å². The SMILES string of the molecule is COc1cccc2c1CCN(S(=O)(=O)Cc1cc(C)no1)C2. The highest BCUT2D eigenvalue weighted by Crippen LogP contribution is 2.29. The molecular weight excluding hydrogens is 304 g/mol. The summed E-state index contributed by atoms with van der Waals surface area (Å²) in [6.45, 7) is 2.58. The molecule has 0 fully saturated rings. The molecule has 0 amide bonds. The van der Waals surface area contributed by atoms with Gasteiger partial charge in [-0.3, -0.25) is 0 Å². The largest absolute Gasteiger partial charge is 0.496 e. The average molecular weight is 322 g/mol. The molecule has 118 valence electrons. The molecular formula is C15H18N2O4S. The highest BCUT2D eigenvalue weighted by atomic mass is 32.2. The van der Waals surface area contributed by atoms with Crippen molar-refractivity contribution in [2.75, 3.05) is 13.7 Å². The number of benzene rings is 1. The van der Waals surface area contributed by atoms with Gasteiger partial charge in [-0.15, -0.1) is 0 Å². The number of fused-ring (bicyclic) bond motifs is 1. The van der Waals surface area contributed by atoms with Crippen molar-refractivity contribution in [1.29, 1.82) is 0 Å². The Bertz CT molecular complexity index is 783. The highest BCUT2D eigenvalue weighted by molar-refractivity contribution is 7.88. The first-order valence-electron chi connectivity index (χ1n) is 7.04. The summed E-state index contributed by atoms with van der Waals surface area (Å²) in [6.07, 6.45) is 0.647. The van der Waals surface area contributed by atoms with Crippen LogP contribution in [0, 0.1) is 6.92 Å². The van der Waals surface area contributed by atoms with E-state index in [-0.39, 0.29) is 5.75 Å². The van der Waals surface area contributed by atoms with Crippen molar-refractivity contribution in [3.8, 4) is 5.75 Å². The van der Waals surface area contributed by atoms with Crippen molar-refractivity contribution in [2.24, 2.45) is 0 Å². The fourth-order valence-corrected chi connectivity index (χ4v) is 4.12. The Hall–Kier alpha value is -1.86. The molecule has 6 nitrogen and oxygen atoms in total. The number of rotatable bonds is 4. The van der Waals surface area contributed by atoms with Crippen LogP contribution < -0.4 is 4.74 Å². The molecule has 1 aromatic heterocycles. The summed E-state index contributed by atoms with van der Waals surface area (Å²) in [7, 11) is -1.80. The predicted molar refractivity (Wildman–Crippen MR) is 81.0 cm³/mol. The Labute approximate surface area is 129 Å². The van der Waals surface area contributed by atoms with Crippen LogP contribution in [0.25, 0.3) is 0 Å². The summed E-state index contributed by atoms with van der Waals surface area (Å²) in [5.74, 6) is 1.03. The zero-order valence-corrected chi connectivity index (χ0v) is 13.4. The van der Waals surface area contributed by atoms with Crippen LogP contribution in [0.1, 0.15) is 22.6 Å². The minimum atomic E-state index is -3.43. The monoisotopic (exact) mass is 322 g/mol. The minimum absolute atomic E-state index is 0.160. The summed E-state index contributed by atoms with van der Waals surface area (Å²) in [6, 6.07) is 7.38. The molecule has 0 bridgehead atoms. The molecule has 2 heterocycles. The maximum absolute atomic E-state index is 12.5. The van der Waals surface area contributed by atoms with Gasteiger partial charge >= 0.3 is 0 Å². The lowest BCUT2D eigenvalue weighted by Gasteiger charge is -2.28. The third kappa shape index (κ3) is 2.86. The van der Waals surface area contributed by atoms with Gasteiger partial charge in [0.1, 0.15) is 11.5 Å². The molecule has 0 unspecified atom stereocenters. The van der Waals surface area contributed by atoms with Gasteiger partial charge in [0, 0.05) is 19.2 Å². The minimum Gasteiger partial charge on any atom is -0.496 e. The molecule has 0 N–H and O–H groups in total. The van der Waals surface area contributed by atoms with Gasteiger partial charge in [0.15, 0.2) is 5.76 Å². The summed E-state index contributed by atoms with van der Waals surface area (Å²) in [4.78, 5) is 0. The van der Waals surface area contributed by atoms with E-state index in [4.69, 9.17) is 9.26 Å². The van der Waals surface area contributed by atoms with Crippen LogP contribution in [-0.4, -0.2) is 31.5 Å². The molecule has 1 aromatic carbocycles.